The van der Waals surface area contributed by atoms with E-state index < -0.39 is 10.5 Å². The van der Waals surface area contributed by atoms with Crippen LogP contribution in [0.3, 0.4) is 0 Å². The van der Waals surface area contributed by atoms with Gasteiger partial charge in [0.05, 0.1) is 34.5 Å². The van der Waals surface area contributed by atoms with Crippen LogP contribution in [0.5, 0.6) is 11.5 Å². The summed E-state index contributed by atoms with van der Waals surface area (Å²) in [6.45, 7) is 3.63. The number of aromatic nitrogens is 2. The number of hydrogen-bond acceptors (Lipinski definition) is 8. The van der Waals surface area contributed by atoms with E-state index >= 15 is 0 Å². The normalized spacial score (nSPS) is 11.3. The number of para-hydroxylation sites is 1. The summed E-state index contributed by atoms with van der Waals surface area (Å²) in [5, 5.41) is 17.1. The Morgan fingerprint density at radius 3 is 2.76 bits per heavy atom. The van der Waals surface area contributed by atoms with Gasteiger partial charge in [-0.3, -0.25) is 14.9 Å². The maximum atomic E-state index is 13.6. The van der Waals surface area contributed by atoms with Gasteiger partial charge < -0.3 is 13.9 Å². The zero-order valence-corrected chi connectivity index (χ0v) is 21.5. The lowest BCUT2D eigenvalue weighted by molar-refractivity contribution is -0.385. The number of fused-ring (bicyclic) bond motifs is 2. The molecule has 5 aromatic rings. The SMILES string of the molecule is C=CCOc1c(C=Nn2c(-c3cc4c(OC)cccc4o3)nc3ccccc3c2=O)cc(Br)cc1[N+](=O)[O-]. The van der Waals surface area contributed by atoms with Crippen molar-refractivity contribution in [2.24, 2.45) is 5.10 Å². The van der Waals surface area contributed by atoms with Crippen LogP contribution in [0.2, 0.25) is 0 Å². The lowest BCUT2D eigenvalue weighted by Gasteiger charge is -2.10. The van der Waals surface area contributed by atoms with Crippen molar-refractivity contribution < 1.29 is 18.8 Å². The summed E-state index contributed by atoms with van der Waals surface area (Å²) in [5.74, 6) is 1.01. The van der Waals surface area contributed by atoms with E-state index in [9.17, 15) is 14.9 Å². The van der Waals surface area contributed by atoms with E-state index in [-0.39, 0.29) is 35.2 Å². The van der Waals surface area contributed by atoms with Gasteiger partial charge in [-0.25, -0.2) is 4.98 Å². The van der Waals surface area contributed by atoms with Gasteiger partial charge in [-0.1, -0.05) is 46.8 Å². The molecule has 10 nitrogen and oxygen atoms in total. The second-order valence-electron chi connectivity index (χ2n) is 8.00. The number of methoxy groups -OCH3 is 1. The van der Waals surface area contributed by atoms with Crippen LogP contribution in [0.25, 0.3) is 33.5 Å². The monoisotopic (exact) mass is 574 g/mol. The summed E-state index contributed by atoms with van der Waals surface area (Å²) in [7, 11) is 1.55. The molecule has 0 saturated heterocycles. The molecule has 0 unspecified atom stereocenters. The van der Waals surface area contributed by atoms with Crippen LogP contribution in [-0.2, 0) is 0 Å². The Hall–Kier alpha value is -4.77. The minimum atomic E-state index is -0.558. The fraction of sp³-hybridized carbons (Fsp3) is 0.0741. The fourth-order valence-electron chi connectivity index (χ4n) is 3.96. The zero-order chi connectivity index (χ0) is 26.8. The van der Waals surface area contributed by atoms with Crippen molar-refractivity contribution in [2.45, 2.75) is 0 Å². The van der Waals surface area contributed by atoms with Crippen LogP contribution in [-0.4, -0.2) is 34.5 Å². The second-order valence-corrected chi connectivity index (χ2v) is 8.91. The van der Waals surface area contributed by atoms with Crippen molar-refractivity contribution in [1.29, 1.82) is 0 Å². The van der Waals surface area contributed by atoms with Crippen molar-refractivity contribution >= 4 is 49.7 Å². The maximum absolute atomic E-state index is 13.6. The van der Waals surface area contributed by atoms with E-state index in [1.54, 1.807) is 61.7 Å². The van der Waals surface area contributed by atoms with Gasteiger partial charge in [0.2, 0.25) is 11.6 Å². The van der Waals surface area contributed by atoms with Gasteiger partial charge in [-0.2, -0.15) is 9.78 Å². The first-order chi connectivity index (χ1) is 18.4. The summed E-state index contributed by atoms with van der Waals surface area (Å²) >= 11 is 3.29. The van der Waals surface area contributed by atoms with Gasteiger partial charge in [-0.15, -0.1) is 0 Å². The number of benzene rings is 3. The number of nitro groups is 1. The molecule has 2 heterocycles. The largest absolute Gasteiger partial charge is 0.496 e. The number of rotatable bonds is 8. The van der Waals surface area contributed by atoms with E-state index in [4.69, 9.17) is 13.9 Å². The van der Waals surface area contributed by atoms with Gasteiger partial charge in [0.25, 0.3) is 5.56 Å². The van der Waals surface area contributed by atoms with Crippen LogP contribution in [0.1, 0.15) is 5.56 Å². The predicted octanol–water partition coefficient (Wildman–Crippen LogP) is 5.94. The van der Waals surface area contributed by atoms with Crippen LogP contribution in [0.15, 0.2) is 92.1 Å². The minimum Gasteiger partial charge on any atom is -0.496 e. The summed E-state index contributed by atoms with van der Waals surface area (Å²) in [5.41, 5.74) is 0.549. The second kappa shape index (κ2) is 10.3. The topological polar surface area (TPSA) is 122 Å². The number of ether oxygens (including phenoxy) is 2. The molecule has 0 aliphatic rings. The zero-order valence-electron chi connectivity index (χ0n) is 20.0. The van der Waals surface area contributed by atoms with Crippen LogP contribution in [0.4, 0.5) is 5.69 Å². The average Bonchev–Trinajstić information content (AvgIpc) is 3.36. The molecule has 0 atom stereocenters. The third kappa shape index (κ3) is 4.55. The Bertz CT molecular complexity index is 1810. The third-order valence-corrected chi connectivity index (χ3v) is 6.09. The molecule has 0 fully saturated rings. The molecule has 2 aromatic heterocycles. The Morgan fingerprint density at radius 2 is 2.00 bits per heavy atom. The molecule has 0 aliphatic carbocycles. The Morgan fingerprint density at radius 1 is 1.18 bits per heavy atom. The molecule has 190 valence electrons. The van der Waals surface area contributed by atoms with Crippen molar-refractivity contribution in [3.05, 3.63) is 104 Å². The highest BCUT2D eigenvalue weighted by atomic mass is 79.9. The highest BCUT2D eigenvalue weighted by Crippen LogP contribution is 2.35. The molecule has 5 rings (SSSR count). The first kappa shape index (κ1) is 24.9. The van der Waals surface area contributed by atoms with Gasteiger partial charge in [0.1, 0.15) is 17.9 Å². The van der Waals surface area contributed by atoms with Gasteiger partial charge in [-0.05, 0) is 36.4 Å². The van der Waals surface area contributed by atoms with E-state index in [1.807, 2.05) is 0 Å². The summed E-state index contributed by atoms with van der Waals surface area (Å²) in [4.78, 5) is 29.3. The number of furan rings is 1. The molecule has 0 saturated carbocycles. The lowest BCUT2D eigenvalue weighted by Crippen LogP contribution is -2.20. The van der Waals surface area contributed by atoms with Crippen LogP contribution >= 0.6 is 15.9 Å². The Labute approximate surface area is 223 Å². The van der Waals surface area contributed by atoms with Crippen molar-refractivity contribution in [3.8, 4) is 23.1 Å². The molecule has 0 radical (unpaired) electrons. The number of hydrogen-bond donors (Lipinski definition) is 0. The standard InChI is InChI=1S/C27H19BrN4O6/c1-3-11-37-25-16(12-17(28)13-21(25)32(34)35)15-29-31-26(30-20-8-5-4-7-18(20)27(31)33)24-14-19-22(36-2)9-6-10-23(19)38-24/h3-10,12-15H,1,11H2,2H3. The summed E-state index contributed by atoms with van der Waals surface area (Å²) in [6.07, 6.45) is 2.78. The van der Waals surface area contributed by atoms with Gasteiger partial charge >= 0.3 is 5.69 Å². The fourth-order valence-corrected chi connectivity index (χ4v) is 4.43. The maximum Gasteiger partial charge on any atom is 0.312 e. The van der Waals surface area contributed by atoms with Gasteiger partial charge in [0.15, 0.2) is 5.76 Å². The highest BCUT2D eigenvalue weighted by molar-refractivity contribution is 9.10. The van der Waals surface area contributed by atoms with E-state index in [0.29, 0.717) is 32.1 Å². The first-order valence-electron chi connectivity index (χ1n) is 11.3. The molecule has 0 bridgehead atoms. The lowest BCUT2D eigenvalue weighted by atomic mass is 10.2. The molecule has 0 aliphatic heterocycles. The number of nitro benzene ring substituents is 1. The number of halogens is 1. The van der Waals surface area contributed by atoms with Crippen molar-refractivity contribution in [3.63, 3.8) is 0 Å². The Balaban J connectivity index is 1.74. The molecular formula is C27H19BrN4O6. The number of nitrogens with zero attached hydrogens (tertiary/aromatic N) is 4. The quantitative estimate of drug-likeness (QED) is 0.0972. The van der Waals surface area contributed by atoms with Crippen LogP contribution in [0, 0.1) is 10.1 Å². The molecule has 11 heteroatoms. The van der Waals surface area contributed by atoms with Gasteiger partial charge in [0, 0.05) is 16.1 Å². The van der Waals surface area contributed by atoms with Crippen LogP contribution < -0.4 is 15.0 Å². The Kier molecular flexibility index (Phi) is 6.75. The predicted molar refractivity (Wildman–Crippen MR) is 147 cm³/mol. The molecule has 38 heavy (non-hydrogen) atoms. The van der Waals surface area contributed by atoms with Crippen molar-refractivity contribution in [2.75, 3.05) is 13.7 Å². The highest BCUT2D eigenvalue weighted by Gasteiger charge is 2.21. The molecule has 0 spiro atoms. The molecule has 3 aromatic carbocycles. The van der Waals surface area contributed by atoms with Crippen molar-refractivity contribution in [1.82, 2.24) is 9.66 Å². The minimum absolute atomic E-state index is 0.0151. The summed E-state index contributed by atoms with van der Waals surface area (Å²) < 4.78 is 18.6. The third-order valence-electron chi connectivity index (χ3n) is 5.63. The van der Waals surface area contributed by atoms with E-state index in [2.05, 4.69) is 32.6 Å². The first-order valence-corrected chi connectivity index (χ1v) is 12.0. The molecule has 0 N–H and O–H groups in total. The summed E-state index contributed by atoms with van der Waals surface area (Å²) in [6, 6.07) is 16.9. The van der Waals surface area contributed by atoms with E-state index in [1.165, 1.54) is 18.4 Å². The molecular weight excluding hydrogens is 556 g/mol. The average molecular weight is 575 g/mol. The smallest absolute Gasteiger partial charge is 0.312 e. The van der Waals surface area contributed by atoms with E-state index in [0.717, 1.165) is 4.68 Å². The molecule has 0 amide bonds.